The summed E-state index contributed by atoms with van der Waals surface area (Å²) in [5, 5.41) is 9.97. The number of carbonyl (C=O) groups excluding carboxylic acids is 1. The van der Waals surface area contributed by atoms with E-state index in [0.717, 1.165) is 12.2 Å². The molecule has 0 spiro atoms. The minimum absolute atomic E-state index is 0.124. The van der Waals surface area contributed by atoms with Gasteiger partial charge in [-0.2, -0.15) is 0 Å². The van der Waals surface area contributed by atoms with Crippen LogP contribution in [-0.2, 0) is 4.79 Å². The normalized spacial score (nSPS) is 10.5. The lowest BCUT2D eigenvalue weighted by Gasteiger charge is -2.15. The molecule has 0 aliphatic carbocycles. The summed E-state index contributed by atoms with van der Waals surface area (Å²) in [6.45, 7) is 2.69. The van der Waals surface area contributed by atoms with Crippen molar-refractivity contribution in [3.05, 3.63) is 46.4 Å². The lowest BCUT2D eigenvalue weighted by atomic mass is 10.2. The molecule has 2 aromatic carbocycles. The lowest BCUT2D eigenvalue weighted by Crippen LogP contribution is -2.20. The van der Waals surface area contributed by atoms with Crippen molar-refractivity contribution < 1.29 is 9.53 Å². The number of ether oxygens (including phenoxy) is 1. The highest BCUT2D eigenvalue weighted by Gasteiger charge is 2.11. The van der Waals surface area contributed by atoms with Gasteiger partial charge >= 0.3 is 0 Å². The summed E-state index contributed by atoms with van der Waals surface area (Å²) in [7, 11) is 3.92. The SMILES string of the molecule is CC(=O)Nc1ccc(NC(=S)Nc2cc(Cl)c(OCCN(C)C)c(Cl)c2)cc1. The summed E-state index contributed by atoms with van der Waals surface area (Å²) in [6, 6.07) is 10.6. The third kappa shape index (κ3) is 7.16. The number of nitrogens with zero attached hydrogens (tertiary/aromatic N) is 1. The number of amides is 1. The molecule has 0 fully saturated rings. The fraction of sp³-hybridized carbons (Fsp3) is 0.263. The number of benzene rings is 2. The van der Waals surface area contributed by atoms with Crippen LogP contribution in [0.3, 0.4) is 0 Å². The molecule has 0 atom stereocenters. The second-order valence-corrected chi connectivity index (χ2v) is 7.48. The van der Waals surface area contributed by atoms with Gasteiger partial charge in [0, 0.05) is 30.5 Å². The van der Waals surface area contributed by atoms with E-state index >= 15 is 0 Å². The average Bonchev–Trinajstić information content (AvgIpc) is 2.58. The molecule has 3 N–H and O–H groups in total. The largest absolute Gasteiger partial charge is 0.489 e. The average molecular weight is 441 g/mol. The number of hydrogen-bond acceptors (Lipinski definition) is 4. The number of anilines is 3. The van der Waals surface area contributed by atoms with Crippen molar-refractivity contribution in [1.29, 1.82) is 0 Å². The molecular formula is C19H22Cl2N4O2S. The Labute approximate surface area is 180 Å². The van der Waals surface area contributed by atoms with Gasteiger partial charge in [-0.15, -0.1) is 0 Å². The number of thiocarbonyl (C=S) groups is 1. The number of nitrogens with one attached hydrogen (secondary N) is 3. The van der Waals surface area contributed by atoms with Crippen LogP contribution in [0.2, 0.25) is 10.0 Å². The highest BCUT2D eigenvalue weighted by molar-refractivity contribution is 7.80. The third-order valence-corrected chi connectivity index (χ3v) is 4.27. The summed E-state index contributed by atoms with van der Waals surface area (Å²) in [5.74, 6) is 0.323. The van der Waals surface area contributed by atoms with E-state index in [2.05, 4.69) is 16.0 Å². The Balaban J connectivity index is 1.97. The Bertz CT molecular complexity index is 821. The first-order valence-electron chi connectivity index (χ1n) is 8.47. The molecule has 0 aliphatic heterocycles. The van der Waals surface area contributed by atoms with Crippen molar-refractivity contribution in [2.75, 3.05) is 43.2 Å². The van der Waals surface area contributed by atoms with Gasteiger partial charge in [0.25, 0.3) is 0 Å². The van der Waals surface area contributed by atoms with Crippen molar-refractivity contribution in [2.24, 2.45) is 0 Å². The van der Waals surface area contributed by atoms with Crippen LogP contribution < -0.4 is 20.7 Å². The van der Waals surface area contributed by atoms with Crippen LogP contribution >= 0.6 is 35.4 Å². The second-order valence-electron chi connectivity index (χ2n) is 6.26. The Kier molecular flexibility index (Phi) is 8.32. The zero-order valence-corrected chi connectivity index (χ0v) is 18.1. The number of rotatable bonds is 7. The first-order chi connectivity index (χ1) is 13.2. The molecule has 150 valence electrons. The Morgan fingerprint density at radius 2 is 1.50 bits per heavy atom. The van der Waals surface area contributed by atoms with Crippen LogP contribution in [0.4, 0.5) is 17.1 Å². The van der Waals surface area contributed by atoms with Gasteiger partial charge in [0.2, 0.25) is 5.91 Å². The van der Waals surface area contributed by atoms with Crippen molar-refractivity contribution in [3.8, 4) is 5.75 Å². The van der Waals surface area contributed by atoms with Gasteiger partial charge in [-0.3, -0.25) is 4.79 Å². The first kappa shape index (κ1) is 22.2. The van der Waals surface area contributed by atoms with Crippen LogP contribution in [0.5, 0.6) is 5.75 Å². The van der Waals surface area contributed by atoms with Crippen LogP contribution in [0.1, 0.15) is 6.92 Å². The summed E-state index contributed by atoms with van der Waals surface area (Å²) >= 11 is 17.9. The van der Waals surface area contributed by atoms with Crippen LogP contribution in [0.15, 0.2) is 36.4 Å². The first-order valence-corrected chi connectivity index (χ1v) is 9.63. The Morgan fingerprint density at radius 1 is 1.00 bits per heavy atom. The summed E-state index contributed by atoms with van der Waals surface area (Å²) in [5.41, 5.74) is 2.12. The van der Waals surface area contributed by atoms with E-state index in [1.54, 1.807) is 36.4 Å². The molecule has 0 heterocycles. The molecule has 0 saturated carbocycles. The van der Waals surface area contributed by atoms with Crippen molar-refractivity contribution in [1.82, 2.24) is 4.90 Å². The molecule has 2 aromatic rings. The van der Waals surface area contributed by atoms with Gasteiger partial charge in [0.1, 0.15) is 6.61 Å². The summed E-state index contributed by atoms with van der Waals surface area (Å²) in [4.78, 5) is 13.1. The fourth-order valence-corrected chi connectivity index (χ4v) is 3.07. The molecule has 9 heteroatoms. The van der Waals surface area contributed by atoms with Gasteiger partial charge in [0.15, 0.2) is 10.9 Å². The number of carbonyl (C=O) groups is 1. The number of halogens is 2. The molecule has 0 unspecified atom stereocenters. The van der Waals surface area contributed by atoms with Crippen LogP contribution in [0, 0.1) is 0 Å². The number of likely N-dealkylation sites (N-methyl/N-ethyl adjacent to an activating group) is 1. The van der Waals surface area contributed by atoms with E-state index in [1.807, 2.05) is 19.0 Å². The Morgan fingerprint density at radius 3 is 2.00 bits per heavy atom. The highest BCUT2D eigenvalue weighted by Crippen LogP contribution is 2.36. The monoisotopic (exact) mass is 440 g/mol. The van der Waals surface area contributed by atoms with E-state index in [9.17, 15) is 4.79 Å². The predicted octanol–water partition coefficient (Wildman–Crippen LogP) is 4.70. The van der Waals surface area contributed by atoms with Gasteiger partial charge in [-0.05, 0) is 62.7 Å². The van der Waals surface area contributed by atoms with Crippen molar-refractivity contribution in [3.63, 3.8) is 0 Å². The molecule has 2 rings (SSSR count). The molecule has 0 saturated heterocycles. The van der Waals surface area contributed by atoms with Crippen molar-refractivity contribution >= 4 is 63.5 Å². The van der Waals surface area contributed by atoms with E-state index in [-0.39, 0.29) is 5.91 Å². The third-order valence-electron chi connectivity index (χ3n) is 3.50. The number of hydrogen-bond donors (Lipinski definition) is 3. The molecule has 0 bridgehead atoms. The van der Waals surface area contributed by atoms with Gasteiger partial charge in [-0.1, -0.05) is 23.2 Å². The molecule has 0 aromatic heterocycles. The molecule has 6 nitrogen and oxygen atoms in total. The zero-order valence-electron chi connectivity index (χ0n) is 15.8. The van der Waals surface area contributed by atoms with Gasteiger partial charge < -0.3 is 25.6 Å². The highest BCUT2D eigenvalue weighted by atomic mass is 35.5. The minimum atomic E-state index is -0.124. The zero-order chi connectivity index (χ0) is 20.7. The van der Waals surface area contributed by atoms with Gasteiger partial charge in [0.05, 0.1) is 10.0 Å². The van der Waals surface area contributed by atoms with Crippen LogP contribution in [-0.4, -0.2) is 43.2 Å². The van der Waals surface area contributed by atoms with Crippen molar-refractivity contribution in [2.45, 2.75) is 6.92 Å². The molecule has 28 heavy (non-hydrogen) atoms. The van der Waals surface area contributed by atoms with Gasteiger partial charge in [-0.25, -0.2) is 0 Å². The standard InChI is InChI=1S/C19H22Cl2N4O2S/c1-12(26)22-13-4-6-14(7-5-13)23-19(28)24-15-10-16(20)18(17(21)11-15)27-9-8-25(2)3/h4-7,10-11H,8-9H2,1-3H3,(H,22,26)(H2,23,24,28). The molecule has 0 radical (unpaired) electrons. The topological polar surface area (TPSA) is 65.6 Å². The maximum Gasteiger partial charge on any atom is 0.221 e. The summed E-state index contributed by atoms with van der Waals surface area (Å²) in [6.07, 6.45) is 0. The van der Waals surface area contributed by atoms with Crippen LogP contribution in [0.25, 0.3) is 0 Å². The van der Waals surface area contributed by atoms with E-state index in [0.29, 0.717) is 38.9 Å². The Hall–Kier alpha value is -2.06. The fourth-order valence-electron chi connectivity index (χ4n) is 2.23. The predicted molar refractivity (Wildman–Crippen MR) is 121 cm³/mol. The maximum atomic E-state index is 11.1. The quantitative estimate of drug-likeness (QED) is 0.542. The van der Waals surface area contributed by atoms with E-state index in [4.69, 9.17) is 40.2 Å². The molecular weight excluding hydrogens is 419 g/mol. The smallest absolute Gasteiger partial charge is 0.221 e. The minimum Gasteiger partial charge on any atom is -0.489 e. The molecule has 0 aliphatic rings. The summed E-state index contributed by atoms with van der Waals surface area (Å²) < 4.78 is 5.66. The van der Waals surface area contributed by atoms with E-state index in [1.165, 1.54) is 6.92 Å². The molecule has 1 amide bonds. The second kappa shape index (κ2) is 10.5. The lowest BCUT2D eigenvalue weighted by molar-refractivity contribution is -0.114. The van der Waals surface area contributed by atoms with E-state index < -0.39 is 0 Å². The maximum absolute atomic E-state index is 11.1.